The third-order valence-electron chi connectivity index (χ3n) is 2.23. The van der Waals surface area contributed by atoms with E-state index in [0.29, 0.717) is 6.61 Å². The van der Waals surface area contributed by atoms with Gasteiger partial charge in [0.25, 0.3) is 0 Å². The summed E-state index contributed by atoms with van der Waals surface area (Å²) in [6.07, 6.45) is 0. The highest BCUT2D eigenvalue weighted by atomic mass is 35.5. The van der Waals surface area contributed by atoms with Gasteiger partial charge in [-0.2, -0.15) is 0 Å². The van der Waals surface area contributed by atoms with E-state index in [-0.39, 0.29) is 0 Å². The van der Waals surface area contributed by atoms with Crippen molar-refractivity contribution in [3.63, 3.8) is 0 Å². The van der Waals surface area contributed by atoms with E-state index in [0.717, 1.165) is 22.9 Å². The molecule has 0 atom stereocenters. The molecule has 1 aromatic carbocycles. The van der Waals surface area contributed by atoms with Crippen LogP contribution in [0.3, 0.4) is 0 Å². The summed E-state index contributed by atoms with van der Waals surface area (Å²) < 4.78 is 5.52. The third kappa shape index (κ3) is 2.63. The minimum absolute atomic E-state index is 0.638. The Hall–Kier alpha value is -0.730. The van der Waals surface area contributed by atoms with Gasteiger partial charge in [0.2, 0.25) is 0 Å². The van der Waals surface area contributed by atoms with Crippen molar-refractivity contribution < 1.29 is 4.74 Å². The fraction of sp³-hybridized carbons (Fsp3) is 0.455. The molecule has 0 aliphatic heterocycles. The van der Waals surface area contributed by atoms with Gasteiger partial charge in [-0.15, -0.1) is 0 Å². The molecule has 0 aliphatic rings. The SMILES string of the molecule is CNCCOc1ccc(C)c(C)c1Cl. The van der Waals surface area contributed by atoms with Gasteiger partial charge in [0.15, 0.2) is 0 Å². The summed E-state index contributed by atoms with van der Waals surface area (Å²) in [7, 11) is 1.89. The molecule has 1 N–H and O–H groups in total. The molecule has 3 heteroatoms. The maximum atomic E-state index is 6.13. The molecule has 0 amide bonds. The van der Waals surface area contributed by atoms with Crippen molar-refractivity contribution in [1.29, 1.82) is 0 Å². The first-order valence-corrected chi connectivity index (χ1v) is 5.07. The van der Waals surface area contributed by atoms with Gasteiger partial charge >= 0.3 is 0 Å². The standard InChI is InChI=1S/C11H16ClNO/c1-8-4-5-10(11(12)9(8)2)14-7-6-13-3/h4-5,13H,6-7H2,1-3H3. The molecule has 0 unspecified atom stereocenters. The number of hydrogen-bond donors (Lipinski definition) is 1. The lowest BCUT2D eigenvalue weighted by molar-refractivity contribution is 0.318. The third-order valence-corrected chi connectivity index (χ3v) is 2.70. The summed E-state index contributed by atoms with van der Waals surface area (Å²) in [6, 6.07) is 3.94. The first kappa shape index (κ1) is 11.3. The van der Waals surface area contributed by atoms with Crippen LogP contribution in [0.25, 0.3) is 0 Å². The van der Waals surface area contributed by atoms with Gasteiger partial charge in [-0.05, 0) is 38.1 Å². The fourth-order valence-electron chi connectivity index (χ4n) is 1.13. The van der Waals surface area contributed by atoms with Crippen molar-refractivity contribution in [2.24, 2.45) is 0 Å². The Morgan fingerprint density at radius 2 is 2.07 bits per heavy atom. The maximum absolute atomic E-state index is 6.13. The molecule has 0 spiro atoms. The molecule has 0 saturated carbocycles. The van der Waals surface area contributed by atoms with Crippen LogP contribution in [0.5, 0.6) is 5.75 Å². The van der Waals surface area contributed by atoms with Crippen LogP contribution in [0.2, 0.25) is 5.02 Å². The van der Waals surface area contributed by atoms with Crippen molar-refractivity contribution in [3.05, 3.63) is 28.3 Å². The highest BCUT2D eigenvalue weighted by molar-refractivity contribution is 6.32. The predicted octanol–water partition coefficient (Wildman–Crippen LogP) is 2.56. The van der Waals surface area contributed by atoms with Crippen LogP contribution >= 0.6 is 11.6 Å². The largest absolute Gasteiger partial charge is 0.491 e. The van der Waals surface area contributed by atoms with Crippen LogP contribution in [-0.4, -0.2) is 20.2 Å². The zero-order valence-corrected chi connectivity index (χ0v) is 9.61. The first-order valence-electron chi connectivity index (χ1n) is 4.70. The number of rotatable bonds is 4. The number of halogens is 1. The highest BCUT2D eigenvalue weighted by Crippen LogP contribution is 2.29. The number of aryl methyl sites for hydroxylation is 1. The van der Waals surface area contributed by atoms with Gasteiger partial charge in [0, 0.05) is 6.54 Å². The summed E-state index contributed by atoms with van der Waals surface area (Å²) in [5, 5.41) is 3.74. The molecule has 0 aliphatic carbocycles. The molecule has 0 radical (unpaired) electrons. The van der Waals surface area contributed by atoms with Crippen LogP contribution in [0, 0.1) is 13.8 Å². The van der Waals surface area contributed by atoms with E-state index in [1.54, 1.807) is 0 Å². The number of nitrogens with one attached hydrogen (secondary N) is 1. The van der Waals surface area contributed by atoms with Crippen LogP contribution < -0.4 is 10.1 Å². The van der Waals surface area contributed by atoms with Crippen molar-refractivity contribution in [3.8, 4) is 5.75 Å². The number of ether oxygens (including phenoxy) is 1. The fourth-order valence-corrected chi connectivity index (χ4v) is 1.40. The Morgan fingerprint density at radius 1 is 1.36 bits per heavy atom. The van der Waals surface area contributed by atoms with Crippen molar-refractivity contribution >= 4 is 11.6 Å². The van der Waals surface area contributed by atoms with E-state index < -0.39 is 0 Å². The Balaban J connectivity index is 2.73. The zero-order valence-electron chi connectivity index (χ0n) is 8.86. The molecule has 0 heterocycles. The van der Waals surface area contributed by atoms with Gasteiger partial charge in [0.05, 0.1) is 5.02 Å². The Kier molecular flexibility index (Phi) is 4.23. The van der Waals surface area contributed by atoms with Crippen molar-refractivity contribution in [1.82, 2.24) is 5.32 Å². The molecule has 0 aromatic heterocycles. The Morgan fingerprint density at radius 3 is 2.71 bits per heavy atom. The normalized spacial score (nSPS) is 10.3. The van der Waals surface area contributed by atoms with Crippen LogP contribution in [0.4, 0.5) is 0 Å². The van der Waals surface area contributed by atoms with Gasteiger partial charge in [-0.25, -0.2) is 0 Å². The van der Waals surface area contributed by atoms with E-state index in [9.17, 15) is 0 Å². The molecule has 0 saturated heterocycles. The topological polar surface area (TPSA) is 21.3 Å². The Labute approximate surface area is 90.2 Å². The minimum Gasteiger partial charge on any atom is -0.491 e. The van der Waals surface area contributed by atoms with Gasteiger partial charge in [0.1, 0.15) is 12.4 Å². The number of hydrogen-bond acceptors (Lipinski definition) is 2. The average molecular weight is 214 g/mol. The maximum Gasteiger partial charge on any atom is 0.138 e. The molecule has 0 bridgehead atoms. The number of likely N-dealkylation sites (N-methyl/N-ethyl adjacent to an activating group) is 1. The molecular weight excluding hydrogens is 198 g/mol. The molecule has 2 nitrogen and oxygen atoms in total. The number of benzene rings is 1. The zero-order chi connectivity index (χ0) is 10.6. The lowest BCUT2D eigenvalue weighted by atomic mass is 10.1. The summed E-state index contributed by atoms with van der Waals surface area (Å²) >= 11 is 6.13. The van der Waals surface area contributed by atoms with Gasteiger partial charge < -0.3 is 10.1 Å². The molecule has 78 valence electrons. The second-order valence-electron chi connectivity index (χ2n) is 3.27. The summed E-state index contributed by atoms with van der Waals surface area (Å²) in [5.41, 5.74) is 2.28. The van der Waals surface area contributed by atoms with E-state index in [2.05, 4.69) is 5.32 Å². The highest BCUT2D eigenvalue weighted by Gasteiger charge is 2.05. The molecular formula is C11H16ClNO. The second kappa shape index (κ2) is 5.23. The monoisotopic (exact) mass is 213 g/mol. The smallest absolute Gasteiger partial charge is 0.138 e. The Bertz CT molecular complexity index is 312. The van der Waals surface area contributed by atoms with Crippen LogP contribution in [-0.2, 0) is 0 Å². The van der Waals surface area contributed by atoms with Crippen LogP contribution in [0.1, 0.15) is 11.1 Å². The van der Waals surface area contributed by atoms with Crippen molar-refractivity contribution in [2.75, 3.05) is 20.2 Å². The van der Waals surface area contributed by atoms with E-state index >= 15 is 0 Å². The molecule has 14 heavy (non-hydrogen) atoms. The minimum atomic E-state index is 0.638. The van der Waals surface area contributed by atoms with Gasteiger partial charge in [-0.1, -0.05) is 17.7 Å². The quantitative estimate of drug-likeness (QED) is 0.777. The molecule has 0 fully saturated rings. The predicted molar refractivity (Wildman–Crippen MR) is 60.3 cm³/mol. The lowest BCUT2D eigenvalue weighted by Gasteiger charge is -2.10. The van der Waals surface area contributed by atoms with E-state index in [1.165, 1.54) is 5.56 Å². The second-order valence-corrected chi connectivity index (χ2v) is 3.65. The summed E-state index contributed by atoms with van der Waals surface area (Å²) in [6.45, 7) is 5.50. The molecule has 1 aromatic rings. The molecule has 1 rings (SSSR count). The van der Waals surface area contributed by atoms with Crippen LogP contribution in [0.15, 0.2) is 12.1 Å². The summed E-state index contributed by atoms with van der Waals surface area (Å²) in [4.78, 5) is 0. The van der Waals surface area contributed by atoms with E-state index in [4.69, 9.17) is 16.3 Å². The average Bonchev–Trinajstić information content (AvgIpc) is 2.18. The lowest BCUT2D eigenvalue weighted by Crippen LogP contribution is -2.16. The van der Waals surface area contributed by atoms with E-state index in [1.807, 2.05) is 33.0 Å². The van der Waals surface area contributed by atoms with Crippen molar-refractivity contribution in [2.45, 2.75) is 13.8 Å². The van der Waals surface area contributed by atoms with Gasteiger partial charge in [-0.3, -0.25) is 0 Å². The summed E-state index contributed by atoms with van der Waals surface area (Å²) in [5.74, 6) is 0.769. The first-order chi connectivity index (χ1) is 6.66.